The number of nitriles is 1. The maximum absolute atomic E-state index is 12.2. The number of rotatable bonds is 10. The summed E-state index contributed by atoms with van der Waals surface area (Å²) in [6.45, 7) is 4.00. The second-order valence-electron chi connectivity index (χ2n) is 5.80. The molecule has 0 heterocycles. The van der Waals surface area contributed by atoms with Crippen molar-refractivity contribution in [3.8, 4) is 6.07 Å². The largest absolute Gasteiger partial charge is 0.480 e. The molecule has 0 saturated carbocycles. The summed E-state index contributed by atoms with van der Waals surface area (Å²) in [6, 6.07) is 8.79. The molecule has 2 atom stereocenters. The van der Waals surface area contributed by atoms with E-state index in [-0.39, 0.29) is 11.6 Å². The quantitative estimate of drug-likeness (QED) is 0.429. The van der Waals surface area contributed by atoms with Gasteiger partial charge in [0.25, 0.3) is 5.91 Å². The summed E-state index contributed by atoms with van der Waals surface area (Å²) in [7, 11) is 0. The molecule has 1 amide bonds. The van der Waals surface area contributed by atoms with Gasteiger partial charge in [-0.3, -0.25) is 4.79 Å². The first-order valence-corrected chi connectivity index (χ1v) is 9.80. The van der Waals surface area contributed by atoms with Gasteiger partial charge < -0.3 is 15.7 Å². The van der Waals surface area contributed by atoms with Crippen LogP contribution in [0, 0.1) is 11.3 Å². The van der Waals surface area contributed by atoms with Crippen LogP contribution in [0.25, 0.3) is 0 Å². The second-order valence-corrected chi connectivity index (χ2v) is 6.78. The number of carbonyl (C=O) groups is 2. The van der Waals surface area contributed by atoms with E-state index in [4.69, 9.17) is 0 Å². The molecule has 0 aromatic heterocycles. The molecule has 2 unspecified atom stereocenters. The van der Waals surface area contributed by atoms with E-state index in [1.165, 1.54) is 23.5 Å². The predicted molar refractivity (Wildman–Crippen MR) is 104 cm³/mol. The Labute approximate surface area is 158 Å². The zero-order valence-corrected chi connectivity index (χ0v) is 16.1. The zero-order valence-electron chi connectivity index (χ0n) is 15.3. The number of nitrogens with one attached hydrogen (secondary N) is 2. The maximum Gasteiger partial charge on any atom is 0.326 e. The molecule has 6 nitrogen and oxygen atoms in total. The molecule has 3 N–H and O–H groups in total. The van der Waals surface area contributed by atoms with Crippen LogP contribution in [0.4, 0.5) is 0 Å². The van der Waals surface area contributed by atoms with Crippen LogP contribution in [0.1, 0.15) is 37.4 Å². The lowest BCUT2D eigenvalue weighted by molar-refractivity contribution is -0.141. The van der Waals surface area contributed by atoms with Crippen molar-refractivity contribution < 1.29 is 14.7 Å². The van der Waals surface area contributed by atoms with Gasteiger partial charge in [-0.15, -0.1) is 0 Å². The lowest BCUT2D eigenvalue weighted by atomic mass is 10.1. The minimum atomic E-state index is -1.11. The van der Waals surface area contributed by atoms with Crippen molar-refractivity contribution in [3.05, 3.63) is 47.2 Å². The van der Waals surface area contributed by atoms with Crippen molar-refractivity contribution in [3.63, 3.8) is 0 Å². The number of amides is 1. The molecule has 1 aromatic carbocycles. The van der Waals surface area contributed by atoms with Crippen molar-refractivity contribution >= 4 is 23.6 Å². The topological polar surface area (TPSA) is 102 Å². The number of hydrogen-bond acceptors (Lipinski definition) is 5. The van der Waals surface area contributed by atoms with Gasteiger partial charge in [0, 0.05) is 12.2 Å². The Kier molecular flexibility index (Phi) is 9.31. The minimum absolute atomic E-state index is 0.0937. The lowest BCUT2D eigenvalue weighted by Crippen LogP contribution is -2.42. The number of aryl methyl sites for hydroxylation is 1. The molecule has 140 valence electrons. The fourth-order valence-electron chi connectivity index (χ4n) is 2.22. The molecule has 7 heteroatoms. The highest BCUT2D eigenvalue weighted by molar-refractivity contribution is 7.98. The fourth-order valence-corrected chi connectivity index (χ4v) is 2.70. The van der Waals surface area contributed by atoms with Gasteiger partial charge in [-0.2, -0.15) is 17.0 Å². The van der Waals surface area contributed by atoms with Crippen LogP contribution in [0.15, 0.2) is 36.0 Å². The van der Waals surface area contributed by atoms with Crippen molar-refractivity contribution in [2.24, 2.45) is 0 Å². The number of aliphatic carboxylic acids is 1. The summed E-state index contributed by atoms with van der Waals surface area (Å²) < 4.78 is 0. The molecule has 0 fully saturated rings. The number of benzene rings is 1. The third kappa shape index (κ3) is 6.81. The van der Waals surface area contributed by atoms with E-state index in [1.807, 2.05) is 43.5 Å². The molecule has 0 spiro atoms. The summed E-state index contributed by atoms with van der Waals surface area (Å²) in [6.07, 6.45) is 4.46. The SMILES string of the molecule is CCc1ccc(C(C)N/C=C(/C#N)C(=O)NC(CCSC)C(=O)O)cc1. The highest BCUT2D eigenvalue weighted by Gasteiger charge is 2.21. The van der Waals surface area contributed by atoms with Gasteiger partial charge in [0.05, 0.1) is 0 Å². The van der Waals surface area contributed by atoms with Crippen molar-refractivity contribution in [2.75, 3.05) is 12.0 Å². The summed E-state index contributed by atoms with van der Waals surface area (Å²) in [5.74, 6) is -1.20. The number of carbonyl (C=O) groups excluding carboxylic acids is 1. The molecule has 0 aliphatic carbocycles. The molecule has 0 aliphatic rings. The average Bonchev–Trinajstić information content (AvgIpc) is 2.65. The third-order valence-corrected chi connectivity index (χ3v) is 4.59. The van der Waals surface area contributed by atoms with E-state index < -0.39 is 17.9 Å². The van der Waals surface area contributed by atoms with Gasteiger partial charge in [0.15, 0.2) is 0 Å². The van der Waals surface area contributed by atoms with Gasteiger partial charge in [-0.1, -0.05) is 31.2 Å². The van der Waals surface area contributed by atoms with E-state index in [9.17, 15) is 20.0 Å². The molecule has 0 radical (unpaired) electrons. The third-order valence-electron chi connectivity index (χ3n) is 3.94. The van der Waals surface area contributed by atoms with Gasteiger partial charge in [-0.25, -0.2) is 4.79 Å². The number of carboxylic acid groups (broad SMARTS) is 1. The Morgan fingerprint density at radius 2 is 2.00 bits per heavy atom. The van der Waals surface area contributed by atoms with Crippen molar-refractivity contribution in [1.29, 1.82) is 5.26 Å². The normalized spacial score (nSPS) is 13.4. The summed E-state index contributed by atoms with van der Waals surface area (Å²) in [5, 5.41) is 23.8. The molecule has 0 saturated heterocycles. The highest BCUT2D eigenvalue weighted by atomic mass is 32.2. The monoisotopic (exact) mass is 375 g/mol. The first-order chi connectivity index (χ1) is 12.4. The smallest absolute Gasteiger partial charge is 0.326 e. The minimum Gasteiger partial charge on any atom is -0.480 e. The maximum atomic E-state index is 12.2. The molecule has 26 heavy (non-hydrogen) atoms. The van der Waals surface area contributed by atoms with Crippen LogP contribution in [0.5, 0.6) is 0 Å². The highest BCUT2D eigenvalue weighted by Crippen LogP contribution is 2.14. The Bertz CT molecular complexity index is 680. The first-order valence-electron chi connectivity index (χ1n) is 8.40. The van der Waals surface area contributed by atoms with Gasteiger partial charge >= 0.3 is 5.97 Å². The summed E-state index contributed by atoms with van der Waals surface area (Å²) in [4.78, 5) is 23.4. The van der Waals surface area contributed by atoms with Crippen LogP contribution in [-0.4, -0.2) is 35.0 Å². The lowest BCUT2D eigenvalue weighted by Gasteiger charge is -2.15. The van der Waals surface area contributed by atoms with E-state index >= 15 is 0 Å². The van der Waals surface area contributed by atoms with E-state index in [2.05, 4.69) is 17.6 Å². The zero-order chi connectivity index (χ0) is 19.5. The Hall–Kier alpha value is -2.46. The molecular weight excluding hydrogens is 350 g/mol. The van der Waals surface area contributed by atoms with Crippen LogP contribution >= 0.6 is 11.8 Å². The Balaban J connectivity index is 2.74. The van der Waals surface area contributed by atoms with Gasteiger partial charge in [-0.05, 0) is 42.9 Å². The van der Waals surface area contributed by atoms with Crippen molar-refractivity contribution in [2.45, 2.75) is 38.8 Å². The Morgan fingerprint density at radius 1 is 1.35 bits per heavy atom. The van der Waals surface area contributed by atoms with E-state index in [1.54, 1.807) is 0 Å². The van der Waals surface area contributed by atoms with Crippen LogP contribution in [0.2, 0.25) is 0 Å². The number of hydrogen-bond donors (Lipinski definition) is 3. The summed E-state index contributed by atoms with van der Waals surface area (Å²) >= 11 is 1.50. The summed E-state index contributed by atoms with van der Waals surface area (Å²) in [5.41, 5.74) is 2.11. The van der Waals surface area contributed by atoms with E-state index in [0.29, 0.717) is 12.2 Å². The first kappa shape index (κ1) is 21.6. The molecule has 1 rings (SSSR count). The number of carboxylic acids is 1. The Morgan fingerprint density at radius 3 is 2.50 bits per heavy atom. The molecule has 0 aliphatic heterocycles. The van der Waals surface area contributed by atoms with Crippen LogP contribution in [-0.2, 0) is 16.0 Å². The fraction of sp³-hybridized carbons (Fsp3) is 0.421. The van der Waals surface area contributed by atoms with E-state index in [0.717, 1.165) is 12.0 Å². The second kappa shape index (κ2) is 11.2. The van der Waals surface area contributed by atoms with Crippen LogP contribution in [0.3, 0.4) is 0 Å². The molecular formula is C19H25N3O3S. The average molecular weight is 375 g/mol. The molecule has 0 bridgehead atoms. The van der Waals surface area contributed by atoms with Gasteiger partial charge in [0.1, 0.15) is 17.7 Å². The molecule has 1 aromatic rings. The predicted octanol–water partition coefficient (Wildman–Crippen LogP) is 2.63. The standard InChI is InChI=1S/C19H25N3O3S/c1-4-14-5-7-15(8-6-14)13(2)21-12-16(11-20)18(23)22-17(19(24)25)9-10-26-3/h5-8,12-13,17,21H,4,9-10H2,1-3H3,(H,22,23)(H,24,25)/b16-12-. The van der Waals surface area contributed by atoms with Gasteiger partial charge in [0.2, 0.25) is 0 Å². The van der Waals surface area contributed by atoms with Crippen molar-refractivity contribution in [1.82, 2.24) is 10.6 Å². The number of nitrogens with zero attached hydrogens (tertiary/aromatic N) is 1. The van der Waals surface area contributed by atoms with Crippen LogP contribution < -0.4 is 10.6 Å². The number of thioether (sulfide) groups is 1.